The van der Waals surface area contributed by atoms with E-state index in [9.17, 15) is 9.59 Å². The van der Waals surface area contributed by atoms with Crippen molar-refractivity contribution < 1.29 is 19.4 Å². The van der Waals surface area contributed by atoms with E-state index in [1.54, 1.807) is 25.3 Å². The van der Waals surface area contributed by atoms with Crippen LogP contribution in [0.5, 0.6) is 5.75 Å². The Hall–Kier alpha value is -3.36. The Morgan fingerprint density at radius 1 is 1.15 bits per heavy atom. The Morgan fingerprint density at radius 3 is 2.62 bits per heavy atom. The molecule has 8 heteroatoms. The molecule has 1 N–H and O–H groups in total. The molecule has 1 saturated heterocycles. The van der Waals surface area contributed by atoms with Gasteiger partial charge in [-0.3, -0.25) is 9.69 Å². The lowest BCUT2D eigenvalue weighted by atomic mass is 10.1. The topological polar surface area (TPSA) is 79.2 Å². The zero-order valence-electron chi connectivity index (χ0n) is 18.5. The van der Waals surface area contributed by atoms with E-state index in [4.69, 9.17) is 9.84 Å². The summed E-state index contributed by atoms with van der Waals surface area (Å²) >= 11 is 4.76. The number of amides is 1. The lowest BCUT2D eigenvalue weighted by Gasteiger charge is -2.11. The van der Waals surface area contributed by atoms with Crippen LogP contribution in [0.2, 0.25) is 0 Å². The Balaban J connectivity index is 1.58. The van der Waals surface area contributed by atoms with Gasteiger partial charge in [-0.05, 0) is 72.8 Å². The fraction of sp³-hybridized carbons (Fsp3) is 0.115. The number of hydrogen-bond acceptors (Lipinski definition) is 5. The minimum absolute atomic E-state index is 0.171. The number of amidine groups is 1. The molecule has 1 aliphatic rings. The molecule has 0 aliphatic carbocycles. The number of likely N-dealkylation sites (N-methyl/N-ethyl adjacent to an activating group) is 1. The SMILES string of the molecule is Cc1cccc(COc2ccc(Br)cc2/C=C2\SC(=Nc3ccc(C(=O)O)cc3)N(C)C2=O)c1. The van der Waals surface area contributed by atoms with Crippen molar-refractivity contribution in [2.45, 2.75) is 13.5 Å². The molecule has 0 atom stereocenters. The molecule has 34 heavy (non-hydrogen) atoms. The molecule has 0 radical (unpaired) electrons. The van der Waals surface area contributed by atoms with Gasteiger partial charge in [0.1, 0.15) is 12.4 Å². The van der Waals surface area contributed by atoms with Crippen LogP contribution in [0, 0.1) is 6.92 Å². The van der Waals surface area contributed by atoms with Gasteiger partial charge in [-0.1, -0.05) is 45.8 Å². The van der Waals surface area contributed by atoms with E-state index in [1.807, 2.05) is 43.3 Å². The van der Waals surface area contributed by atoms with Crippen LogP contribution in [0.4, 0.5) is 5.69 Å². The second-order valence-corrected chi connectivity index (χ2v) is 9.61. The monoisotopic (exact) mass is 536 g/mol. The van der Waals surface area contributed by atoms with E-state index >= 15 is 0 Å². The maximum atomic E-state index is 12.9. The number of aliphatic imine (C=N–C) groups is 1. The highest BCUT2D eigenvalue weighted by atomic mass is 79.9. The van der Waals surface area contributed by atoms with Crippen LogP contribution >= 0.6 is 27.7 Å². The van der Waals surface area contributed by atoms with Crippen molar-refractivity contribution in [3.8, 4) is 5.75 Å². The van der Waals surface area contributed by atoms with Crippen LogP contribution < -0.4 is 4.74 Å². The number of ether oxygens (including phenoxy) is 1. The van der Waals surface area contributed by atoms with Gasteiger partial charge in [-0.15, -0.1) is 0 Å². The predicted molar refractivity (Wildman–Crippen MR) is 138 cm³/mol. The second-order valence-electron chi connectivity index (χ2n) is 7.68. The molecule has 172 valence electrons. The van der Waals surface area contributed by atoms with Crippen molar-refractivity contribution in [1.29, 1.82) is 0 Å². The van der Waals surface area contributed by atoms with Crippen molar-refractivity contribution in [2.75, 3.05) is 7.05 Å². The number of aryl methyl sites for hydroxylation is 1. The number of hydrogen-bond donors (Lipinski definition) is 1. The zero-order valence-corrected chi connectivity index (χ0v) is 20.9. The number of carboxylic acid groups (broad SMARTS) is 1. The standard InChI is InChI=1S/C26H21BrN2O4S/c1-16-4-3-5-17(12-16)15-33-22-11-8-20(27)13-19(22)14-23-24(30)29(2)26(34-23)28-21-9-6-18(7-10-21)25(31)32/h3-14H,15H2,1-2H3,(H,31,32)/b23-14-,28-26?. The van der Waals surface area contributed by atoms with E-state index in [0.29, 0.717) is 28.1 Å². The number of aromatic carboxylic acids is 1. The Bertz CT molecular complexity index is 1320. The van der Waals surface area contributed by atoms with Crippen molar-refractivity contribution in [1.82, 2.24) is 4.90 Å². The van der Waals surface area contributed by atoms with E-state index in [0.717, 1.165) is 15.6 Å². The summed E-state index contributed by atoms with van der Waals surface area (Å²) in [4.78, 5) is 30.5. The van der Waals surface area contributed by atoms with Gasteiger partial charge in [0.05, 0.1) is 16.2 Å². The first-order valence-electron chi connectivity index (χ1n) is 10.4. The third-order valence-corrected chi connectivity index (χ3v) is 6.63. The maximum absolute atomic E-state index is 12.9. The molecule has 1 aliphatic heterocycles. The van der Waals surface area contributed by atoms with Gasteiger partial charge in [-0.25, -0.2) is 9.79 Å². The third kappa shape index (κ3) is 5.58. The first-order chi connectivity index (χ1) is 16.3. The van der Waals surface area contributed by atoms with Crippen LogP contribution in [0.1, 0.15) is 27.0 Å². The first kappa shape index (κ1) is 23.8. The lowest BCUT2D eigenvalue weighted by Crippen LogP contribution is -2.23. The fourth-order valence-corrected chi connectivity index (χ4v) is 4.66. The summed E-state index contributed by atoms with van der Waals surface area (Å²) < 4.78 is 6.95. The summed E-state index contributed by atoms with van der Waals surface area (Å²) in [5.74, 6) is -0.500. The van der Waals surface area contributed by atoms with Crippen molar-refractivity contribution in [3.05, 3.63) is 98.4 Å². The third-order valence-electron chi connectivity index (χ3n) is 5.08. The van der Waals surface area contributed by atoms with Gasteiger partial charge in [0.2, 0.25) is 0 Å². The molecule has 0 unspecified atom stereocenters. The fourth-order valence-electron chi connectivity index (χ4n) is 3.31. The van der Waals surface area contributed by atoms with Crippen molar-refractivity contribution >= 4 is 56.5 Å². The molecule has 3 aromatic carbocycles. The molecule has 6 nitrogen and oxygen atoms in total. The smallest absolute Gasteiger partial charge is 0.335 e. The highest BCUT2D eigenvalue weighted by Gasteiger charge is 2.30. The number of carbonyl (C=O) groups is 2. The number of carbonyl (C=O) groups excluding carboxylic acids is 1. The number of carboxylic acids is 1. The number of thioether (sulfide) groups is 1. The number of rotatable bonds is 6. The van der Waals surface area contributed by atoms with Gasteiger partial charge < -0.3 is 9.84 Å². The molecule has 3 aromatic rings. The molecular formula is C26H21BrN2O4S. The van der Waals surface area contributed by atoms with Gasteiger partial charge >= 0.3 is 5.97 Å². The molecule has 0 spiro atoms. The number of halogens is 1. The molecule has 1 heterocycles. The molecule has 0 bridgehead atoms. The summed E-state index contributed by atoms with van der Waals surface area (Å²) in [7, 11) is 1.66. The molecule has 4 rings (SSSR count). The summed E-state index contributed by atoms with van der Waals surface area (Å²) in [6.07, 6.45) is 1.80. The zero-order chi connectivity index (χ0) is 24.2. The molecule has 1 fully saturated rings. The van der Waals surface area contributed by atoms with Crippen LogP contribution in [0.25, 0.3) is 6.08 Å². The van der Waals surface area contributed by atoms with E-state index < -0.39 is 5.97 Å². The summed E-state index contributed by atoms with van der Waals surface area (Å²) in [6.45, 7) is 2.46. The average Bonchev–Trinajstić information content (AvgIpc) is 3.06. The summed E-state index contributed by atoms with van der Waals surface area (Å²) in [6, 6.07) is 20.0. The quantitative estimate of drug-likeness (QED) is 0.375. The Labute approximate surface area is 210 Å². The molecular weight excluding hydrogens is 516 g/mol. The van der Waals surface area contributed by atoms with E-state index in [-0.39, 0.29) is 11.5 Å². The number of benzene rings is 3. The Morgan fingerprint density at radius 2 is 1.91 bits per heavy atom. The predicted octanol–water partition coefficient (Wildman–Crippen LogP) is 6.27. The summed E-state index contributed by atoms with van der Waals surface area (Å²) in [5.41, 5.74) is 3.76. The largest absolute Gasteiger partial charge is 0.488 e. The molecule has 0 aromatic heterocycles. The second kappa shape index (κ2) is 10.3. The lowest BCUT2D eigenvalue weighted by molar-refractivity contribution is -0.121. The molecule has 1 amide bonds. The van der Waals surface area contributed by atoms with Crippen LogP contribution in [-0.4, -0.2) is 34.1 Å². The molecule has 0 saturated carbocycles. The average molecular weight is 537 g/mol. The maximum Gasteiger partial charge on any atom is 0.335 e. The van der Waals surface area contributed by atoms with Gasteiger partial charge in [0.25, 0.3) is 5.91 Å². The van der Waals surface area contributed by atoms with Gasteiger partial charge in [-0.2, -0.15) is 0 Å². The highest BCUT2D eigenvalue weighted by Crippen LogP contribution is 2.35. The first-order valence-corrected chi connectivity index (χ1v) is 12.0. The Kier molecular flexibility index (Phi) is 7.19. The van der Waals surface area contributed by atoms with E-state index in [2.05, 4.69) is 27.0 Å². The van der Waals surface area contributed by atoms with Crippen LogP contribution in [0.15, 0.2) is 81.1 Å². The normalized spacial score (nSPS) is 15.9. The van der Waals surface area contributed by atoms with E-state index in [1.165, 1.54) is 34.4 Å². The minimum Gasteiger partial charge on any atom is -0.488 e. The van der Waals surface area contributed by atoms with Crippen LogP contribution in [0.3, 0.4) is 0 Å². The van der Waals surface area contributed by atoms with Crippen molar-refractivity contribution in [3.63, 3.8) is 0 Å². The van der Waals surface area contributed by atoms with Crippen molar-refractivity contribution in [2.24, 2.45) is 4.99 Å². The summed E-state index contributed by atoms with van der Waals surface area (Å²) in [5, 5.41) is 9.57. The minimum atomic E-state index is -0.999. The number of nitrogens with zero attached hydrogens (tertiary/aromatic N) is 2. The van der Waals surface area contributed by atoms with Gasteiger partial charge in [0, 0.05) is 17.1 Å². The van der Waals surface area contributed by atoms with Crippen LogP contribution in [-0.2, 0) is 11.4 Å². The highest BCUT2D eigenvalue weighted by molar-refractivity contribution is 9.10. The van der Waals surface area contributed by atoms with Gasteiger partial charge in [0.15, 0.2) is 5.17 Å².